The number of aromatic nitrogens is 2. The number of amides is 5. The lowest BCUT2D eigenvalue weighted by Gasteiger charge is -2.51. The van der Waals surface area contributed by atoms with Crippen LogP contribution in [0.3, 0.4) is 0 Å². The molecule has 5 amide bonds. The van der Waals surface area contributed by atoms with Crippen LogP contribution in [0, 0.1) is 35.1 Å². The van der Waals surface area contributed by atoms with Crippen molar-refractivity contribution in [2.24, 2.45) is 11.8 Å². The summed E-state index contributed by atoms with van der Waals surface area (Å²) in [7, 11) is 0. The van der Waals surface area contributed by atoms with Crippen LogP contribution in [0.15, 0.2) is 83.7 Å². The Labute approximate surface area is 492 Å². The molecule has 1 aromatic heterocycles. The monoisotopic (exact) mass is 1170 g/mol. The molecule has 21 heteroatoms. The highest BCUT2D eigenvalue weighted by atomic mass is 19.1. The number of aromatic amines is 1. The molecule has 4 unspecified atom stereocenters. The summed E-state index contributed by atoms with van der Waals surface area (Å²) in [5.41, 5.74) is 0.977. The Morgan fingerprint density at radius 2 is 1.48 bits per heavy atom. The second-order valence-electron chi connectivity index (χ2n) is 24.3. The fourth-order valence-corrected chi connectivity index (χ4v) is 14.0. The van der Waals surface area contributed by atoms with Gasteiger partial charge in [0.15, 0.2) is 0 Å². The number of carbonyl (C=O) groups is 5. The fourth-order valence-electron chi connectivity index (χ4n) is 14.0. The number of H-pyrrole nitrogens is 1. The van der Waals surface area contributed by atoms with Crippen LogP contribution >= 0.6 is 0 Å². The summed E-state index contributed by atoms with van der Waals surface area (Å²) in [5, 5.41) is 17.2. The Kier molecular flexibility index (Phi) is 18.7. The maximum absolute atomic E-state index is 16.6. The summed E-state index contributed by atoms with van der Waals surface area (Å²) in [6.45, 7) is 6.18. The molecule has 5 heterocycles. The molecule has 5 atom stereocenters. The number of hydrogen-bond donors (Lipinski definition) is 4. The minimum absolute atomic E-state index is 0.00968. The first-order valence-corrected chi connectivity index (χ1v) is 30.4. The van der Waals surface area contributed by atoms with Crippen molar-refractivity contribution >= 4 is 40.3 Å². The Morgan fingerprint density at radius 3 is 2.27 bits per heavy atom. The van der Waals surface area contributed by atoms with Crippen molar-refractivity contribution in [3.63, 3.8) is 0 Å². The van der Waals surface area contributed by atoms with Gasteiger partial charge in [0.05, 0.1) is 53.5 Å². The molecule has 4 aromatic carbocycles. The predicted octanol–water partition coefficient (Wildman–Crippen LogP) is 6.29. The zero-order valence-electron chi connectivity index (χ0n) is 48.0. The predicted molar refractivity (Wildman–Crippen MR) is 310 cm³/mol. The molecule has 2 bridgehead atoms. The number of hydrogen-bond acceptors (Lipinski definition) is 11. The van der Waals surface area contributed by atoms with Crippen molar-refractivity contribution in [3.05, 3.63) is 146 Å². The van der Waals surface area contributed by atoms with E-state index in [0.717, 1.165) is 89.6 Å². The van der Waals surface area contributed by atoms with Crippen LogP contribution in [0.25, 0.3) is 10.8 Å². The molecule has 5 aromatic rings. The van der Waals surface area contributed by atoms with Gasteiger partial charge in [-0.25, -0.2) is 22.7 Å². The van der Waals surface area contributed by atoms with Gasteiger partial charge >= 0.3 is 0 Å². The molecule has 6 fully saturated rings. The minimum Gasteiger partial charge on any atom is -0.372 e. The van der Waals surface area contributed by atoms with Gasteiger partial charge in [0, 0.05) is 108 Å². The maximum Gasteiger partial charge on any atom is 0.272 e. The molecule has 452 valence electrons. The summed E-state index contributed by atoms with van der Waals surface area (Å²) in [5.74, 6) is -4.63. The van der Waals surface area contributed by atoms with Crippen molar-refractivity contribution in [2.75, 3.05) is 91.7 Å². The first-order chi connectivity index (χ1) is 41.2. The number of benzene rings is 4. The average Bonchev–Trinajstić information content (AvgIpc) is 3.32. The van der Waals surface area contributed by atoms with E-state index in [-0.39, 0.29) is 115 Å². The van der Waals surface area contributed by atoms with Crippen LogP contribution in [0.1, 0.15) is 120 Å². The number of piperazine rings is 2. The Hall–Kier alpha value is -7.07. The van der Waals surface area contributed by atoms with E-state index >= 15 is 8.78 Å². The SMILES string of the molecule is O=C(N[C@@H](C(=O)NC1COC2(CN3CCN(CC(=O)N4CCN(C(=O)c5cc(Cc6n[nH]c(=O)c7ccccc67)ccc5F)CC4)CC3)CCCC1C2)C1CCCCC1)c1cccc(C2CCCN(C(=O)CNCc3ccc(F)cc3F)C2)c1F. The molecule has 0 radical (unpaired) electrons. The van der Waals surface area contributed by atoms with Gasteiger partial charge in [-0.05, 0) is 98.2 Å². The van der Waals surface area contributed by atoms with Gasteiger partial charge < -0.3 is 35.4 Å². The molecule has 2 saturated carbocycles. The third-order valence-corrected chi connectivity index (χ3v) is 18.8. The number of halogens is 4. The van der Waals surface area contributed by atoms with Gasteiger partial charge in [-0.2, -0.15) is 5.10 Å². The topological polar surface area (TPSA) is 193 Å². The van der Waals surface area contributed by atoms with E-state index in [1.807, 2.05) is 12.1 Å². The lowest BCUT2D eigenvalue weighted by atomic mass is 9.72. The fraction of sp³-hybridized carbons (Fsp3) is 0.516. The minimum atomic E-state index is -0.871. The molecule has 0 spiro atoms. The second kappa shape index (κ2) is 26.7. The van der Waals surface area contributed by atoms with Gasteiger partial charge in [-0.1, -0.05) is 68.1 Å². The number of rotatable bonds is 17. The summed E-state index contributed by atoms with van der Waals surface area (Å²) < 4.78 is 66.1. The van der Waals surface area contributed by atoms with Gasteiger partial charge in [-0.15, -0.1) is 0 Å². The van der Waals surface area contributed by atoms with Crippen molar-refractivity contribution in [2.45, 2.75) is 107 Å². The molecule has 6 aliphatic rings. The molecule has 4 aliphatic heterocycles. The van der Waals surface area contributed by atoms with Crippen molar-refractivity contribution in [1.82, 2.24) is 50.6 Å². The zero-order valence-corrected chi connectivity index (χ0v) is 48.0. The zero-order chi connectivity index (χ0) is 59.2. The third kappa shape index (κ3) is 14.0. The van der Waals surface area contributed by atoms with Crippen molar-refractivity contribution in [1.29, 1.82) is 0 Å². The van der Waals surface area contributed by atoms with E-state index in [1.165, 1.54) is 18.2 Å². The Morgan fingerprint density at radius 1 is 0.718 bits per heavy atom. The molecular formula is C64H76F4N10O7. The van der Waals surface area contributed by atoms with E-state index in [1.54, 1.807) is 51.1 Å². The Bertz CT molecular complexity index is 3330. The van der Waals surface area contributed by atoms with Gasteiger partial charge in [0.1, 0.15) is 29.3 Å². The molecule has 17 nitrogen and oxygen atoms in total. The summed E-state index contributed by atoms with van der Waals surface area (Å²) >= 11 is 0. The van der Waals surface area contributed by atoms with Gasteiger partial charge in [0.25, 0.3) is 17.4 Å². The lowest BCUT2D eigenvalue weighted by molar-refractivity contribution is -0.155. The second-order valence-corrected chi connectivity index (χ2v) is 24.3. The number of fused-ring (bicyclic) bond motifs is 3. The van der Waals surface area contributed by atoms with E-state index in [0.29, 0.717) is 79.8 Å². The van der Waals surface area contributed by atoms with E-state index in [2.05, 4.69) is 35.9 Å². The normalized spacial score (nSPS) is 22.9. The molecule has 2 aliphatic carbocycles. The number of carbonyl (C=O) groups excluding carboxylic acids is 5. The third-order valence-electron chi connectivity index (χ3n) is 18.8. The molecule has 85 heavy (non-hydrogen) atoms. The van der Waals surface area contributed by atoms with Crippen molar-refractivity contribution < 1.29 is 46.3 Å². The van der Waals surface area contributed by atoms with Crippen LogP contribution in [0.4, 0.5) is 17.6 Å². The Balaban J connectivity index is 0.634. The standard InChI is InChI=1S/C64H76F4N10O7/c65-46-19-18-44(53(67)33-46)35-69-36-56(79)78-22-8-12-45(37-78)47-15-6-16-50(58(47)68)60(81)71-59(42-9-2-1-3-10-42)62(83)70-55-39-85-64(21-7-11-43(55)34-64)40-75-25-23-74(24-26-75)38-57(80)76-27-29-77(30-28-76)63(84)51-31-41(17-20-52(51)66)32-54-48-13-4-5-14-49(48)61(82)73-72-54/h4-6,13-20,31,33,42-43,45,55,59,69H,1-3,7-12,21-30,32,34-40H2,(H,70,83)(H,71,81)(H,73,82)/t43?,45?,55?,59-,64?/m1/s1. The first kappa shape index (κ1) is 59.7. The molecule has 4 saturated heterocycles. The highest BCUT2D eigenvalue weighted by Crippen LogP contribution is 2.42. The van der Waals surface area contributed by atoms with E-state index in [9.17, 15) is 37.5 Å². The maximum atomic E-state index is 16.6. The number of ether oxygens (including phenoxy) is 1. The largest absolute Gasteiger partial charge is 0.372 e. The van der Waals surface area contributed by atoms with Crippen LogP contribution < -0.4 is 21.5 Å². The summed E-state index contributed by atoms with van der Waals surface area (Å²) in [6, 6.07) is 18.5. The van der Waals surface area contributed by atoms with Crippen LogP contribution in [0.2, 0.25) is 0 Å². The van der Waals surface area contributed by atoms with Crippen LogP contribution in [0.5, 0.6) is 0 Å². The number of likely N-dealkylation sites (tertiary alicyclic amines) is 1. The summed E-state index contributed by atoms with van der Waals surface area (Å²) in [6.07, 6.45) is 9.49. The van der Waals surface area contributed by atoms with Crippen molar-refractivity contribution in [3.8, 4) is 0 Å². The van der Waals surface area contributed by atoms with Gasteiger partial charge in [-0.3, -0.25) is 38.6 Å². The van der Waals surface area contributed by atoms with E-state index < -0.39 is 41.1 Å². The lowest BCUT2D eigenvalue weighted by Crippen LogP contribution is -2.62. The van der Waals surface area contributed by atoms with Crippen LogP contribution in [-0.2, 0) is 32.1 Å². The smallest absolute Gasteiger partial charge is 0.272 e. The van der Waals surface area contributed by atoms with Crippen LogP contribution in [-0.4, -0.2) is 174 Å². The molecule has 11 rings (SSSR count). The number of nitrogens with zero attached hydrogens (tertiary/aromatic N) is 6. The van der Waals surface area contributed by atoms with Gasteiger partial charge in [0.2, 0.25) is 17.7 Å². The number of piperidine rings is 1. The number of nitrogens with one attached hydrogen (secondary N) is 4. The van der Waals surface area contributed by atoms with E-state index in [4.69, 9.17) is 4.74 Å². The highest BCUT2D eigenvalue weighted by Gasteiger charge is 2.47. The molecule has 4 N–H and O–H groups in total. The first-order valence-electron chi connectivity index (χ1n) is 30.4. The highest BCUT2D eigenvalue weighted by molar-refractivity contribution is 5.98. The molecular weight excluding hydrogens is 1100 g/mol. The quantitative estimate of drug-likeness (QED) is 0.0766. The average molecular weight is 1170 g/mol. The summed E-state index contributed by atoms with van der Waals surface area (Å²) in [4.78, 5) is 91.1.